The highest BCUT2D eigenvalue weighted by molar-refractivity contribution is 6.30. The zero-order valence-corrected chi connectivity index (χ0v) is 9.37. The van der Waals surface area contributed by atoms with Gasteiger partial charge in [-0.25, -0.2) is 0 Å². The molecule has 0 amide bonds. The first-order valence-corrected chi connectivity index (χ1v) is 5.77. The number of benzene rings is 1. The Balaban J connectivity index is 2.01. The topological polar surface area (TPSA) is 32.3 Å². The summed E-state index contributed by atoms with van der Waals surface area (Å²) in [6.07, 6.45) is 2.16. The highest BCUT2D eigenvalue weighted by atomic mass is 35.5. The first-order chi connectivity index (χ1) is 7.29. The number of nitrogens with one attached hydrogen (secondary N) is 1. The lowest BCUT2D eigenvalue weighted by atomic mass is 9.91. The smallest absolute Gasteiger partial charge is 0.0471 e. The van der Waals surface area contributed by atoms with Crippen molar-refractivity contribution >= 4 is 11.6 Å². The molecule has 0 aromatic heterocycles. The van der Waals surface area contributed by atoms with Gasteiger partial charge in [0.25, 0.3) is 0 Å². The van der Waals surface area contributed by atoms with Crippen molar-refractivity contribution in [1.29, 1.82) is 0 Å². The van der Waals surface area contributed by atoms with Gasteiger partial charge in [0, 0.05) is 24.2 Å². The zero-order chi connectivity index (χ0) is 10.7. The molecule has 2 N–H and O–H groups in total. The van der Waals surface area contributed by atoms with Crippen molar-refractivity contribution in [3.8, 4) is 0 Å². The fraction of sp³-hybridized carbons (Fsp3) is 0.500. The normalized spacial score (nSPS) is 26.5. The minimum atomic E-state index is 0.287. The SMILES string of the molecule is OCC1CCC(c2cccc(Cl)c2)NC1. The molecule has 0 spiro atoms. The molecule has 0 saturated carbocycles. The van der Waals surface area contributed by atoms with Crippen LogP contribution in [0.2, 0.25) is 5.02 Å². The Kier molecular flexibility index (Phi) is 3.62. The van der Waals surface area contributed by atoms with E-state index in [4.69, 9.17) is 16.7 Å². The maximum absolute atomic E-state index is 9.03. The lowest BCUT2D eigenvalue weighted by Gasteiger charge is -2.29. The number of hydrogen-bond donors (Lipinski definition) is 2. The van der Waals surface area contributed by atoms with Gasteiger partial charge in [-0.05, 0) is 36.5 Å². The molecule has 15 heavy (non-hydrogen) atoms. The average molecular weight is 226 g/mol. The van der Waals surface area contributed by atoms with Gasteiger partial charge in [-0.3, -0.25) is 0 Å². The van der Waals surface area contributed by atoms with Crippen LogP contribution in [-0.2, 0) is 0 Å². The van der Waals surface area contributed by atoms with Crippen LogP contribution in [-0.4, -0.2) is 18.3 Å². The molecule has 2 atom stereocenters. The van der Waals surface area contributed by atoms with Crippen molar-refractivity contribution in [2.45, 2.75) is 18.9 Å². The molecule has 2 unspecified atom stereocenters. The predicted molar refractivity (Wildman–Crippen MR) is 62.0 cm³/mol. The van der Waals surface area contributed by atoms with Crippen molar-refractivity contribution in [3.05, 3.63) is 34.9 Å². The fourth-order valence-electron chi connectivity index (χ4n) is 2.08. The van der Waals surface area contributed by atoms with Crippen molar-refractivity contribution in [1.82, 2.24) is 5.32 Å². The molecule has 3 heteroatoms. The van der Waals surface area contributed by atoms with E-state index < -0.39 is 0 Å². The van der Waals surface area contributed by atoms with E-state index in [1.54, 1.807) is 0 Å². The second-order valence-corrected chi connectivity index (χ2v) is 4.58. The van der Waals surface area contributed by atoms with Gasteiger partial charge in [0.2, 0.25) is 0 Å². The third-order valence-electron chi connectivity index (χ3n) is 3.03. The summed E-state index contributed by atoms with van der Waals surface area (Å²) in [4.78, 5) is 0. The first kappa shape index (κ1) is 10.9. The Morgan fingerprint density at radius 2 is 2.27 bits per heavy atom. The summed E-state index contributed by atoms with van der Waals surface area (Å²) in [7, 11) is 0. The molecule has 1 fully saturated rings. The van der Waals surface area contributed by atoms with Crippen molar-refractivity contribution in [2.75, 3.05) is 13.2 Å². The number of halogens is 1. The number of piperidine rings is 1. The molecule has 0 radical (unpaired) electrons. The summed E-state index contributed by atoms with van der Waals surface area (Å²) in [5.74, 6) is 0.417. The molecule has 1 aromatic carbocycles. The Hall–Kier alpha value is -0.570. The molecule has 0 aliphatic carbocycles. The summed E-state index contributed by atoms with van der Waals surface area (Å²) in [5, 5.41) is 13.3. The molecular formula is C12H16ClNO. The number of rotatable bonds is 2. The van der Waals surface area contributed by atoms with E-state index in [2.05, 4.69) is 11.4 Å². The van der Waals surface area contributed by atoms with Crippen LogP contribution in [0.25, 0.3) is 0 Å². The minimum Gasteiger partial charge on any atom is -0.396 e. The average Bonchev–Trinajstić information content (AvgIpc) is 2.29. The van der Waals surface area contributed by atoms with E-state index in [1.807, 2.05) is 18.2 Å². The quantitative estimate of drug-likeness (QED) is 0.810. The summed E-state index contributed by atoms with van der Waals surface area (Å²) in [6, 6.07) is 8.38. The van der Waals surface area contributed by atoms with Crippen LogP contribution in [0.4, 0.5) is 0 Å². The van der Waals surface area contributed by atoms with Crippen LogP contribution in [0.15, 0.2) is 24.3 Å². The minimum absolute atomic E-state index is 0.287. The maximum Gasteiger partial charge on any atom is 0.0471 e. The molecule has 1 aliphatic rings. The molecule has 1 aliphatic heterocycles. The van der Waals surface area contributed by atoms with Crippen LogP contribution in [0, 0.1) is 5.92 Å². The fourth-order valence-corrected chi connectivity index (χ4v) is 2.28. The monoisotopic (exact) mass is 225 g/mol. The summed E-state index contributed by atoms with van der Waals surface area (Å²) >= 11 is 5.95. The Labute approximate surface area is 95.3 Å². The molecule has 1 saturated heterocycles. The lowest BCUT2D eigenvalue weighted by molar-refractivity contribution is 0.184. The van der Waals surface area contributed by atoms with Gasteiger partial charge in [-0.15, -0.1) is 0 Å². The molecule has 1 aromatic rings. The van der Waals surface area contributed by atoms with Gasteiger partial charge in [-0.2, -0.15) is 0 Å². The van der Waals surface area contributed by atoms with E-state index in [-0.39, 0.29) is 6.61 Å². The van der Waals surface area contributed by atoms with E-state index >= 15 is 0 Å². The number of aliphatic hydroxyl groups is 1. The molecule has 82 valence electrons. The van der Waals surface area contributed by atoms with E-state index in [1.165, 1.54) is 5.56 Å². The number of aliphatic hydroxyl groups excluding tert-OH is 1. The van der Waals surface area contributed by atoms with Gasteiger partial charge in [0.05, 0.1) is 0 Å². The highest BCUT2D eigenvalue weighted by Crippen LogP contribution is 2.26. The van der Waals surface area contributed by atoms with Gasteiger partial charge < -0.3 is 10.4 Å². The Bertz CT molecular complexity index is 321. The van der Waals surface area contributed by atoms with Crippen LogP contribution in [0.3, 0.4) is 0 Å². The van der Waals surface area contributed by atoms with Gasteiger partial charge in [0.1, 0.15) is 0 Å². The lowest BCUT2D eigenvalue weighted by Crippen LogP contribution is -2.34. The molecular weight excluding hydrogens is 210 g/mol. The maximum atomic E-state index is 9.03. The highest BCUT2D eigenvalue weighted by Gasteiger charge is 2.20. The second kappa shape index (κ2) is 4.97. The Morgan fingerprint density at radius 1 is 1.40 bits per heavy atom. The molecule has 1 heterocycles. The van der Waals surface area contributed by atoms with Crippen LogP contribution >= 0.6 is 11.6 Å². The zero-order valence-electron chi connectivity index (χ0n) is 8.62. The van der Waals surface area contributed by atoms with Crippen molar-refractivity contribution < 1.29 is 5.11 Å². The van der Waals surface area contributed by atoms with Gasteiger partial charge in [-0.1, -0.05) is 23.7 Å². The van der Waals surface area contributed by atoms with Crippen LogP contribution in [0.1, 0.15) is 24.4 Å². The van der Waals surface area contributed by atoms with Gasteiger partial charge >= 0.3 is 0 Å². The predicted octanol–water partition coefficient (Wildman–Crippen LogP) is 2.37. The first-order valence-electron chi connectivity index (χ1n) is 5.39. The largest absolute Gasteiger partial charge is 0.396 e. The van der Waals surface area contributed by atoms with E-state index in [0.29, 0.717) is 12.0 Å². The standard InChI is InChI=1S/C12H16ClNO/c13-11-3-1-2-10(6-11)12-5-4-9(8-15)7-14-12/h1-3,6,9,12,14-15H,4-5,7-8H2. The summed E-state index contributed by atoms with van der Waals surface area (Å²) < 4.78 is 0. The molecule has 2 rings (SSSR count). The third kappa shape index (κ3) is 2.71. The second-order valence-electron chi connectivity index (χ2n) is 4.14. The Morgan fingerprint density at radius 3 is 2.87 bits per heavy atom. The third-order valence-corrected chi connectivity index (χ3v) is 3.26. The van der Waals surface area contributed by atoms with Crippen LogP contribution in [0.5, 0.6) is 0 Å². The van der Waals surface area contributed by atoms with E-state index in [0.717, 1.165) is 24.4 Å². The van der Waals surface area contributed by atoms with E-state index in [9.17, 15) is 0 Å². The summed E-state index contributed by atoms with van der Waals surface area (Å²) in [5.41, 5.74) is 1.25. The van der Waals surface area contributed by atoms with Crippen molar-refractivity contribution in [3.63, 3.8) is 0 Å². The number of hydrogen-bond acceptors (Lipinski definition) is 2. The van der Waals surface area contributed by atoms with Gasteiger partial charge in [0.15, 0.2) is 0 Å². The molecule has 0 bridgehead atoms. The molecule has 2 nitrogen and oxygen atoms in total. The van der Waals surface area contributed by atoms with Crippen molar-refractivity contribution in [2.24, 2.45) is 5.92 Å². The summed E-state index contributed by atoms with van der Waals surface area (Å²) in [6.45, 7) is 1.18. The van der Waals surface area contributed by atoms with Crippen LogP contribution < -0.4 is 5.32 Å².